The molecule has 0 saturated carbocycles. The number of methoxy groups -OCH3 is 1. The number of anilines is 1. The fourth-order valence-electron chi connectivity index (χ4n) is 1.41. The molecule has 1 unspecified atom stereocenters. The Labute approximate surface area is 115 Å². The molecule has 4 nitrogen and oxygen atoms in total. The Morgan fingerprint density at radius 3 is 2.78 bits per heavy atom. The first kappa shape index (κ1) is 15.0. The van der Waals surface area contributed by atoms with Gasteiger partial charge in [0.2, 0.25) is 5.91 Å². The largest absolute Gasteiger partial charge is 0.465 e. The van der Waals surface area contributed by atoms with Crippen LogP contribution >= 0.6 is 23.1 Å². The van der Waals surface area contributed by atoms with Crippen LogP contribution in [-0.4, -0.2) is 31.0 Å². The van der Waals surface area contributed by atoms with Crippen molar-refractivity contribution in [3.8, 4) is 0 Å². The third kappa shape index (κ3) is 3.49. The number of rotatable bonds is 5. The van der Waals surface area contributed by atoms with Gasteiger partial charge < -0.3 is 10.1 Å². The molecule has 0 radical (unpaired) electrons. The number of hydrogen-bond acceptors (Lipinski definition) is 5. The van der Waals surface area contributed by atoms with Gasteiger partial charge in [-0.25, -0.2) is 4.79 Å². The lowest BCUT2D eigenvalue weighted by Gasteiger charge is -2.12. The summed E-state index contributed by atoms with van der Waals surface area (Å²) >= 11 is 2.90. The molecule has 1 atom stereocenters. The molecule has 0 spiro atoms. The molecule has 1 N–H and O–H groups in total. The molecular weight excluding hydrogens is 270 g/mol. The Hall–Kier alpha value is -1.01. The van der Waals surface area contributed by atoms with Crippen LogP contribution < -0.4 is 5.32 Å². The summed E-state index contributed by atoms with van der Waals surface area (Å²) in [6.07, 6.45) is 1.96. The number of ether oxygens (including phenoxy) is 1. The summed E-state index contributed by atoms with van der Waals surface area (Å²) < 4.78 is 4.70. The van der Waals surface area contributed by atoms with Gasteiger partial charge >= 0.3 is 5.97 Å². The SMILES string of the molecule is COC(=O)c1scc(C)c1NC(=O)C(C)CSC. The summed E-state index contributed by atoms with van der Waals surface area (Å²) in [6.45, 7) is 3.73. The summed E-state index contributed by atoms with van der Waals surface area (Å²) in [4.78, 5) is 23.9. The highest BCUT2D eigenvalue weighted by Gasteiger charge is 2.20. The highest BCUT2D eigenvalue weighted by Crippen LogP contribution is 2.28. The summed E-state index contributed by atoms with van der Waals surface area (Å²) in [5.74, 6) is 0.171. The van der Waals surface area contributed by atoms with E-state index >= 15 is 0 Å². The average molecular weight is 287 g/mol. The van der Waals surface area contributed by atoms with Crippen molar-refractivity contribution in [1.29, 1.82) is 0 Å². The number of hydrogen-bond donors (Lipinski definition) is 1. The molecule has 1 aromatic rings. The lowest BCUT2D eigenvalue weighted by Crippen LogP contribution is -2.23. The number of nitrogens with one attached hydrogen (secondary N) is 1. The average Bonchev–Trinajstić information content (AvgIpc) is 2.70. The number of thiophene rings is 1. The van der Waals surface area contributed by atoms with E-state index in [1.54, 1.807) is 11.8 Å². The van der Waals surface area contributed by atoms with Gasteiger partial charge in [0.25, 0.3) is 0 Å². The fourth-order valence-corrected chi connectivity index (χ4v) is 2.99. The third-order valence-corrected chi connectivity index (χ3v) is 4.37. The molecule has 0 aliphatic heterocycles. The van der Waals surface area contributed by atoms with Crippen molar-refractivity contribution in [3.63, 3.8) is 0 Å². The van der Waals surface area contributed by atoms with Crippen LogP contribution in [0.1, 0.15) is 22.2 Å². The van der Waals surface area contributed by atoms with Crippen LogP contribution in [0.5, 0.6) is 0 Å². The maximum absolute atomic E-state index is 11.9. The van der Waals surface area contributed by atoms with Gasteiger partial charge in [0.05, 0.1) is 12.8 Å². The van der Waals surface area contributed by atoms with E-state index < -0.39 is 5.97 Å². The zero-order chi connectivity index (χ0) is 13.7. The van der Waals surface area contributed by atoms with Crippen LogP contribution in [0.2, 0.25) is 0 Å². The molecule has 18 heavy (non-hydrogen) atoms. The standard InChI is InChI=1S/C12H17NO3S2/c1-7-6-18-10(12(15)16-3)9(7)13-11(14)8(2)5-17-4/h6,8H,5H2,1-4H3,(H,13,14). The van der Waals surface area contributed by atoms with Gasteiger partial charge in [-0.2, -0.15) is 11.8 Å². The minimum absolute atomic E-state index is 0.0731. The maximum Gasteiger partial charge on any atom is 0.350 e. The van der Waals surface area contributed by atoms with Crippen molar-refractivity contribution in [2.45, 2.75) is 13.8 Å². The fraction of sp³-hybridized carbons (Fsp3) is 0.500. The number of amides is 1. The van der Waals surface area contributed by atoms with Gasteiger partial charge in [-0.1, -0.05) is 6.92 Å². The van der Waals surface area contributed by atoms with E-state index in [9.17, 15) is 9.59 Å². The van der Waals surface area contributed by atoms with Gasteiger partial charge in [-0.15, -0.1) is 11.3 Å². The molecule has 0 aliphatic carbocycles. The summed E-state index contributed by atoms with van der Waals surface area (Å²) in [5, 5.41) is 4.65. The van der Waals surface area contributed by atoms with Gasteiger partial charge in [-0.05, 0) is 24.1 Å². The predicted octanol–water partition coefficient (Wildman–Crippen LogP) is 2.78. The molecule has 0 aliphatic rings. The zero-order valence-corrected chi connectivity index (χ0v) is 12.5. The van der Waals surface area contributed by atoms with Gasteiger partial charge in [0.1, 0.15) is 4.88 Å². The molecule has 0 fully saturated rings. The minimum Gasteiger partial charge on any atom is -0.465 e. The van der Waals surface area contributed by atoms with E-state index in [0.29, 0.717) is 10.6 Å². The normalized spacial score (nSPS) is 12.0. The first-order chi connectivity index (χ1) is 8.51. The quantitative estimate of drug-likeness (QED) is 0.846. The van der Waals surface area contributed by atoms with Crippen LogP contribution in [0.3, 0.4) is 0 Å². The molecule has 0 bridgehead atoms. The number of aryl methyl sites for hydroxylation is 1. The van der Waals surface area contributed by atoms with E-state index in [4.69, 9.17) is 4.74 Å². The molecule has 0 saturated heterocycles. The number of thioether (sulfide) groups is 1. The number of esters is 1. The van der Waals surface area contributed by atoms with Crippen LogP contribution in [0.15, 0.2) is 5.38 Å². The van der Waals surface area contributed by atoms with E-state index in [0.717, 1.165) is 11.3 Å². The third-order valence-electron chi connectivity index (χ3n) is 2.46. The number of carbonyl (C=O) groups excluding carboxylic acids is 2. The predicted molar refractivity (Wildman–Crippen MR) is 76.6 cm³/mol. The second-order valence-electron chi connectivity index (χ2n) is 3.96. The zero-order valence-electron chi connectivity index (χ0n) is 10.9. The summed E-state index contributed by atoms with van der Waals surface area (Å²) in [5.41, 5.74) is 1.45. The van der Waals surface area contributed by atoms with Crippen LogP contribution in [0, 0.1) is 12.8 Å². The van der Waals surface area contributed by atoms with Crippen molar-refractivity contribution in [2.75, 3.05) is 24.4 Å². The van der Waals surface area contributed by atoms with E-state index in [1.165, 1.54) is 18.4 Å². The lowest BCUT2D eigenvalue weighted by molar-refractivity contribution is -0.118. The molecule has 1 heterocycles. The van der Waals surface area contributed by atoms with Crippen molar-refractivity contribution >= 4 is 40.7 Å². The minimum atomic E-state index is -0.416. The maximum atomic E-state index is 11.9. The molecule has 1 aromatic heterocycles. The molecule has 1 rings (SSSR count). The van der Waals surface area contributed by atoms with E-state index in [-0.39, 0.29) is 11.8 Å². The van der Waals surface area contributed by atoms with Crippen molar-refractivity contribution in [1.82, 2.24) is 0 Å². The molecule has 1 amide bonds. The second-order valence-corrected chi connectivity index (χ2v) is 5.75. The van der Waals surface area contributed by atoms with Crippen LogP contribution in [0.25, 0.3) is 0 Å². The first-order valence-corrected chi connectivity index (χ1v) is 7.74. The Kier molecular flexibility index (Phi) is 5.68. The Balaban J connectivity index is 2.87. The van der Waals surface area contributed by atoms with E-state index in [1.807, 2.05) is 25.5 Å². The first-order valence-electron chi connectivity index (χ1n) is 5.47. The van der Waals surface area contributed by atoms with Crippen LogP contribution in [0.4, 0.5) is 5.69 Å². The Morgan fingerprint density at radius 2 is 2.22 bits per heavy atom. The smallest absolute Gasteiger partial charge is 0.350 e. The van der Waals surface area contributed by atoms with Crippen molar-refractivity contribution < 1.29 is 14.3 Å². The van der Waals surface area contributed by atoms with Gasteiger partial charge in [-0.3, -0.25) is 4.79 Å². The molecule has 0 aromatic carbocycles. The Morgan fingerprint density at radius 1 is 1.56 bits per heavy atom. The topological polar surface area (TPSA) is 55.4 Å². The monoisotopic (exact) mass is 287 g/mol. The summed E-state index contributed by atoms with van der Waals surface area (Å²) in [7, 11) is 1.33. The second kappa shape index (κ2) is 6.80. The lowest BCUT2D eigenvalue weighted by atomic mass is 10.2. The van der Waals surface area contributed by atoms with E-state index in [2.05, 4.69) is 5.32 Å². The molecular formula is C12H17NO3S2. The van der Waals surface area contributed by atoms with Crippen molar-refractivity contribution in [3.05, 3.63) is 15.8 Å². The molecule has 6 heteroatoms. The van der Waals surface area contributed by atoms with Crippen molar-refractivity contribution in [2.24, 2.45) is 5.92 Å². The van der Waals surface area contributed by atoms with Gasteiger partial charge in [0.15, 0.2) is 0 Å². The highest BCUT2D eigenvalue weighted by atomic mass is 32.2. The van der Waals surface area contributed by atoms with Crippen LogP contribution in [-0.2, 0) is 9.53 Å². The molecule has 100 valence electrons. The highest BCUT2D eigenvalue weighted by molar-refractivity contribution is 7.98. The summed E-state index contributed by atoms with van der Waals surface area (Å²) in [6, 6.07) is 0. The number of carbonyl (C=O) groups is 2. The Bertz CT molecular complexity index is 443. The van der Waals surface area contributed by atoms with Gasteiger partial charge in [0, 0.05) is 11.7 Å².